The molecule has 1 heterocycles. The Morgan fingerprint density at radius 3 is 2.69 bits per heavy atom. The number of rotatable bonds is 1. The largest absolute Gasteiger partial charge is 0.417 e. The van der Waals surface area contributed by atoms with Crippen molar-refractivity contribution in [3.63, 3.8) is 0 Å². The van der Waals surface area contributed by atoms with Crippen LogP contribution in [0.4, 0.5) is 13.2 Å². The van der Waals surface area contributed by atoms with E-state index in [1.165, 1.54) is 12.3 Å². The van der Waals surface area contributed by atoms with Crippen LogP contribution in [0, 0.1) is 11.3 Å². The van der Waals surface area contributed by atoms with E-state index in [2.05, 4.69) is 4.98 Å². The molecule has 82 valence electrons. The van der Waals surface area contributed by atoms with E-state index in [4.69, 9.17) is 5.26 Å². The van der Waals surface area contributed by atoms with E-state index >= 15 is 0 Å². The van der Waals surface area contributed by atoms with E-state index in [0.717, 1.165) is 6.07 Å². The van der Waals surface area contributed by atoms with Crippen LogP contribution in [-0.2, 0) is 12.6 Å². The van der Waals surface area contributed by atoms with Crippen LogP contribution in [0.15, 0.2) is 24.4 Å². The molecule has 0 spiro atoms. The van der Waals surface area contributed by atoms with Gasteiger partial charge in [-0.15, -0.1) is 0 Å². The molecule has 1 N–H and O–H groups in total. The fraction of sp³-hybridized carbons (Fsp3) is 0.182. The summed E-state index contributed by atoms with van der Waals surface area (Å²) >= 11 is 0. The molecule has 0 saturated carbocycles. The Morgan fingerprint density at radius 2 is 2.06 bits per heavy atom. The first-order valence-corrected chi connectivity index (χ1v) is 4.57. The van der Waals surface area contributed by atoms with Crippen LogP contribution in [0.5, 0.6) is 0 Å². The average molecular weight is 224 g/mol. The van der Waals surface area contributed by atoms with Crippen molar-refractivity contribution in [2.75, 3.05) is 0 Å². The van der Waals surface area contributed by atoms with Crippen LogP contribution in [0.3, 0.4) is 0 Å². The lowest BCUT2D eigenvalue weighted by atomic mass is 10.0. The summed E-state index contributed by atoms with van der Waals surface area (Å²) in [6, 6.07) is 5.78. The first-order chi connectivity index (χ1) is 7.54. The fourth-order valence-electron chi connectivity index (χ4n) is 1.72. The monoisotopic (exact) mass is 224 g/mol. The number of aromatic nitrogens is 1. The number of nitrogens with zero attached hydrogens (tertiary/aromatic N) is 1. The molecule has 0 aliphatic rings. The normalized spacial score (nSPS) is 11.6. The Labute approximate surface area is 89.3 Å². The van der Waals surface area contributed by atoms with Crippen molar-refractivity contribution in [1.29, 1.82) is 5.26 Å². The number of fused-ring (bicyclic) bond motifs is 1. The van der Waals surface area contributed by atoms with Crippen LogP contribution < -0.4 is 0 Å². The van der Waals surface area contributed by atoms with Gasteiger partial charge in [0.05, 0.1) is 18.1 Å². The summed E-state index contributed by atoms with van der Waals surface area (Å²) in [6.07, 6.45) is -2.98. The molecule has 2 nitrogen and oxygen atoms in total. The van der Waals surface area contributed by atoms with Gasteiger partial charge in [0.2, 0.25) is 0 Å². The lowest BCUT2D eigenvalue weighted by molar-refractivity contribution is -0.136. The third kappa shape index (κ3) is 1.63. The highest BCUT2D eigenvalue weighted by atomic mass is 19.4. The smallest absolute Gasteiger partial charge is 0.361 e. The molecular formula is C11H7F3N2. The Balaban J connectivity index is 2.74. The Hall–Kier alpha value is -1.96. The maximum atomic E-state index is 12.7. The predicted octanol–water partition coefficient (Wildman–Crippen LogP) is 3.25. The molecule has 0 fully saturated rings. The van der Waals surface area contributed by atoms with Gasteiger partial charge in [0, 0.05) is 17.1 Å². The first-order valence-electron chi connectivity index (χ1n) is 4.57. The van der Waals surface area contributed by atoms with Crippen molar-refractivity contribution in [3.05, 3.63) is 35.5 Å². The summed E-state index contributed by atoms with van der Waals surface area (Å²) < 4.78 is 38.2. The van der Waals surface area contributed by atoms with Gasteiger partial charge in [-0.3, -0.25) is 0 Å². The topological polar surface area (TPSA) is 39.6 Å². The highest BCUT2D eigenvalue weighted by Gasteiger charge is 2.33. The number of H-pyrrole nitrogens is 1. The number of hydrogen-bond acceptors (Lipinski definition) is 1. The van der Waals surface area contributed by atoms with E-state index < -0.39 is 11.7 Å². The summed E-state index contributed by atoms with van der Waals surface area (Å²) in [5, 5.41) is 8.64. The minimum Gasteiger partial charge on any atom is -0.361 e. The molecule has 1 aromatic heterocycles. The average Bonchev–Trinajstić information content (AvgIpc) is 2.61. The SMILES string of the molecule is N#CCc1c[nH]c2cccc(C(F)(F)F)c12. The zero-order chi connectivity index (χ0) is 11.8. The second-order valence-electron chi connectivity index (χ2n) is 3.37. The van der Waals surface area contributed by atoms with Crippen LogP contribution in [0.25, 0.3) is 10.9 Å². The van der Waals surface area contributed by atoms with Crippen molar-refractivity contribution in [1.82, 2.24) is 4.98 Å². The molecule has 0 aliphatic heterocycles. The number of hydrogen-bond donors (Lipinski definition) is 1. The zero-order valence-corrected chi connectivity index (χ0v) is 8.10. The Kier molecular flexibility index (Phi) is 2.35. The van der Waals surface area contributed by atoms with E-state index in [1.54, 1.807) is 6.07 Å². The summed E-state index contributed by atoms with van der Waals surface area (Å²) in [5.41, 5.74) is 0.0852. The number of nitriles is 1. The van der Waals surface area contributed by atoms with Gasteiger partial charge in [0.25, 0.3) is 0 Å². The van der Waals surface area contributed by atoms with Crippen molar-refractivity contribution in [2.24, 2.45) is 0 Å². The number of alkyl halides is 3. The van der Waals surface area contributed by atoms with Gasteiger partial charge >= 0.3 is 6.18 Å². The fourth-order valence-corrected chi connectivity index (χ4v) is 1.72. The highest BCUT2D eigenvalue weighted by molar-refractivity contribution is 5.87. The standard InChI is InChI=1S/C11H7F3N2/c12-11(13,14)8-2-1-3-9-10(8)7(4-5-15)6-16-9/h1-3,6,16H,4H2. The maximum Gasteiger partial charge on any atom is 0.417 e. The van der Waals surface area contributed by atoms with E-state index in [0.29, 0.717) is 11.1 Å². The number of halogens is 3. The molecule has 1 aromatic carbocycles. The van der Waals surface area contributed by atoms with Crippen LogP contribution in [-0.4, -0.2) is 4.98 Å². The van der Waals surface area contributed by atoms with Gasteiger partial charge in [-0.25, -0.2) is 0 Å². The Morgan fingerprint density at radius 1 is 1.31 bits per heavy atom. The predicted molar refractivity (Wildman–Crippen MR) is 52.6 cm³/mol. The number of nitrogens with one attached hydrogen (secondary N) is 1. The quantitative estimate of drug-likeness (QED) is 0.793. The highest BCUT2D eigenvalue weighted by Crippen LogP contribution is 2.36. The van der Waals surface area contributed by atoms with Crippen LogP contribution in [0.2, 0.25) is 0 Å². The van der Waals surface area contributed by atoms with Gasteiger partial charge in [0.1, 0.15) is 0 Å². The first kappa shape index (κ1) is 10.6. The lowest BCUT2D eigenvalue weighted by Gasteiger charge is -2.08. The van der Waals surface area contributed by atoms with Crippen molar-refractivity contribution < 1.29 is 13.2 Å². The zero-order valence-electron chi connectivity index (χ0n) is 8.10. The summed E-state index contributed by atoms with van der Waals surface area (Å²) in [7, 11) is 0. The molecule has 0 radical (unpaired) electrons. The molecule has 2 aromatic rings. The van der Waals surface area contributed by atoms with Gasteiger partial charge in [-0.05, 0) is 17.7 Å². The lowest BCUT2D eigenvalue weighted by Crippen LogP contribution is -2.05. The van der Waals surface area contributed by atoms with Crippen molar-refractivity contribution in [2.45, 2.75) is 12.6 Å². The minimum atomic E-state index is -4.40. The molecule has 2 rings (SSSR count). The maximum absolute atomic E-state index is 12.7. The molecule has 0 amide bonds. The van der Waals surface area contributed by atoms with E-state index in [-0.39, 0.29) is 11.8 Å². The van der Waals surface area contributed by atoms with Crippen LogP contribution >= 0.6 is 0 Å². The van der Waals surface area contributed by atoms with Gasteiger partial charge in [-0.2, -0.15) is 18.4 Å². The second-order valence-corrected chi connectivity index (χ2v) is 3.37. The van der Waals surface area contributed by atoms with E-state index in [9.17, 15) is 13.2 Å². The van der Waals surface area contributed by atoms with E-state index in [1.807, 2.05) is 6.07 Å². The molecule has 0 atom stereocenters. The molecule has 5 heteroatoms. The van der Waals surface area contributed by atoms with Gasteiger partial charge in [-0.1, -0.05) is 6.07 Å². The third-order valence-corrected chi connectivity index (χ3v) is 2.36. The van der Waals surface area contributed by atoms with Crippen molar-refractivity contribution in [3.8, 4) is 6.07 Å². The van der Waals surface area contributed by atoms with Gasteiger partial charge in [0.15, 0.2) is 0 Å². The molecular weight excluding hydrogens is 217 g/mol. The summed E-state index contributed by atoms with van der Waals surface area (Å²) in [5.74, 6) is 0. The minimum absolute atomic E-state index is 0.0346. The number of aromatic amines is 1. The molecule has 16 heavy (non-hydrogen) atoms. The molecule has 0 bridgehead atoms. The molecule has 0 unspecified atom stereocenters. The summed E-state index contributed by atoms with van der Waals surface area (Å²) in [6.45, 7) is 0. The number of benzene rings is 1. The third-order valence-electron chi connectivity index (χ3n) is 2.36. The van der Waals surface area contributed by atoms with Crippen LogP contribution in [0.1, 0.15) is 11.1 Å². The van der Waals surface area contributed by atoms with Crippen molar-refractivity contribution >= 4 is 10.9 Å². The second kappa shape index (κ2) is 3.56. The molecule has 0 aliphatic carbocycles. The Bertz CT molecular complexity index is 561. The summed E-state index contributed by atoms with van der Waals surface area (Å²) in [4.78, 5) is 2.73. The molecule has 0 saturated heterocycles. The van der Waals surface area contributed by atoms with Gasteiger partial charge < -0.3 is 4.98 Å².